The van der Waals surface area contributed by atoms with Gasteiger partial charge in [0.1, 0.15) is 18.9 Å². The lowest BCUT2D eigenvalue weighted by molar-refractivity contribution is 0.102. The van der Waals surface area contributed by atoms with Gasteiger partial charge in [-0.2, -0.15) is 0 Å². The second-order valence-corrected chi connectivity index (χ2v) is 5.92. The second kappa shape index (κ2) is 6.29. The standard InChI is InChI=1S/C17H13N3O3S/c21-16(11-4-5-14-15(9-11)23-8-7-22-14)20-17-19-13(10-24-17)12-3-1-2-6-18-12/h1-6,9-10H,7-8H2,(H,19,20,21). The van der Waals surface area contributed by atoms with Gasteiger partial charge < -0.3 is 9.47 Å². The number of anilines is 1. The van der Waals surface area contributed by atoms with Gasteiger partial charge in [0.15, 0.2) is 16.6 Å². The van der Waals surface area contributed by atoms with Crippen LogP contribution in [0.15, 0.2) is 48.0 Å². The number of thiazole rings is 1. The van der Waals surface area contributed by atoms with E-state index in [0.717, 1.165) is 11.4 Å². The summed E-state index contributed by atoms with van der Waals surface area (Å²) in [7, 11) is 0. The van der Waals surface area contributed by atoms with E-state index in [-0.39, 0.29) is 5.91 Å². The third-order valence-corrected chi connectivity index (χ3v) is 4.21. The number of fused-ring (bicyclic) bond motifs is 1. The molecule has 1 aromatic carbocycles. The Morgan fingerprint density at radius 1 is 1.08 bits per heavy atom. The Kier molecular flexibility index (Phi) is 3.84. The van der Waals surface area contributed by atoms with Crippen LogP contribution in [-0.2, 0) is 0 Å². The summed E-state index contributed by atoms with van der Waals surface area (Å²) in [5, 5.41) is 5.19. The number of carbonyl (C=O) groups is 1. The van der Waals surface area contributed by atoms with Crippen molar-refractivity contribution in [2.24, 2.45) is 0 Å². The molecule has 0 bridgehead atoms. The van der Waals surface area contributed by atoms with E-state index in [1.807, 2.05) is 23.6 Å². The van der Waals surface area contributed by atoms with Crippen LogP contribution in [0, 0.1) is 0 Å². The van der Waals surface area contributed by atoms with Crippen LogP contribution in [0.5, 0.6) is 11.5 Å². The third-order valence-electron chi connectivity index (χ3n) is 3.46. The highest BCUT2D eigenvalue weighted by atomic mass is 32.1. The molecule has 0 atom stereocenters. The zero-order valence-electron chi connectivity index (χ0n) is 12.6. The molecule has 4 rings (SSSR count). The molecule has 0 fully saturated rings. The number of pyridine rings is 1. The van der Waals surface area contributed by atoms with Crippen LogP contribution in [0.1, 0.15) is 10.4 Å². The van der Waals surface area contributed by atoms with E-state index < -0.39 is 0 Å². The predicted octanol–water partition coefficient (Wildman–Crippen LogP) is 3.23. The number of benzene rings is 1. The maximum absolute atomic E-state index is 12.4. The third kappa shape index (κ3) is 2.93. The van der Waals surface area contributed by atoms with E-state index in [1.165, 1.54) is 11.3 Å². The molecule has 1 aliphatic heterocycles. The molecule has 120 valence electrons. The Morgan fingerprint density at radius 2 is 1.96 bits per heavy atom. The van der Waals surface area contributed by atoms with Crippen LogP contribution in [0.2, 0.25) is 0 Å². The fourth-order valence-corrected chi connectivity index (χ4v) is 3.02. The largest absolute Gasteiger partial charge is 0.486 e. The highest BCUT2D eigenvalue weighted by Crippen LogP contribution is 2.31. The van der Waals surface area contributed by atoms with E-state index in [4.69, 9.17) is 9.47 Å². The molecule has 0 saturated carbocycles. The Balaban J connectivity index is 1.51. The SMILES string of the molecule is O=C(Nc1nc(-c2ccccn2)cs1)c1ccc2c(c1)OCCO2. The van der Waals surface area contributed by atoms with E-state index in [1.54, 1.807) is 24.4 Å². The van der Waals surface area contributed by atoms with Crippen molar-refractivity contribution >= 4 is 22.4 Å². The van der Waals surface area contributed by atoms with Crippen LogP contribution >= 0.6 is 11.3 Å². The van der Waals surface area contributed by atoms with Crippen molar-refractivity contribution in [3.05, 3.63) is 53.5 Å². The minimum Gasteiger partial charge on any atom is -0.486 e. The molecular weight excluding hydrogens is 326 g/mol. The number of aromatic nitrogens is 2. The van der Waals surface area contributed by atoms with E-state index in [9.17, 15) is 4.79 Å². The summed E-state index contributed by atoms with van der Waals surface area (Å²) in [5.41, 5.74) is 2.00. The fraction of sp³-hybridized carbons (Fsp3) is 0.118. The summed E-state index contributed by atoms with van der Waals surface area (Å²) in [6, 6.07) is 10.7. The molecule has 0 unspecified atom stereocenters. The number of carbonyl (C=O) groups excluding carboxylic acids is 1. The zero-order chi connectivity index (χ0) is 16.4. The molecule has 2 aromatic heterocycles. The average Bonchev–Trinajstić information content (AvgIpc) is 3.10. The Hall–Kier alpha value is -2.93. The second-order valence-electron chi connectivity index (χ2n) is 5.07. The van der Waals surface area contributed by atoms with Gasteiger partial charge in [-0.1, -0.05) is 6.07 Å². The molecule has 1 aliphatic rings. The molecule has 0 spiro atoms. The van der Waals surface area contributed by atoms with Gasteiger partial charge in [-0.25, -0.2) is 4.98 Å². The summed E-state index contributed by atoms with van der Waals surface area (Å²) in [6.45, 7) is 1.01. The predicted molar refractivity (Wildman–Crippen MR) is 90.7 cm³/mol. The Bertz CT molecular complexity index is 880. The number of rotatable bonds is 3. The summed E-state index contributed by atoms with van der Waals surface area (Å²) in [5.74, 6) is 1.00. The first-order valence-corrected chi connectivity index (χ1v) is 8.25. The van der Waals surface area contributed by atoms with Crippen LogP contribution in [0.25, 0.3) is 11.4 Å². The monoisotopic (exact) mass is 339 g/mol. The van der Waals surface area contributed by atoms with Crippen LogP contribution in [-0.4, -0.2) is 29.1 Å². The number of hydrogen-bond donors (Lipinski definition) is 1. The number of ether oxygens (including phenoxy) is 2. The molecule has 6 nitrogen and oxygen atoms in total. The van der Waals surface area contributed by atoms with Crippen molar-refractivity contribution in [2.45, 2.75) is 0 Å². The smallest absolute Gasteiger partial charge is 0.257 e. The lowest BCUT2D eigenvalue weighted by atomic mass is 10.2. The van der Waals surface area contributed by atoms with Crippen molar-refractivity contribution < 1.29 is 14.3 Å². The normalized spacial score (nSPS) is 12.7. The molecular formula is C17H13N3O3S. The Labute approximate surface area is 142 Å². The maximum Gasteiger partial charge on any atom is 0.257 e. The molecule has 0 radical (unpaired) electrons. The van der Waals surface area contributed by atoms with E-state index >= 15 is 0 Å². The van der Waals surface area contributed by atoms with E-state index in [2.05, 4.69) is 15.3 Å². The number of nitrogens with one attached hydrogen (secondary N) is 1. The van der Waals surface area contributed by atoms with Crippen molar-refractivity contribution in [1.82, 2.24) is 9.97 Å². The minimum absolute atomic E-state index is 0.242. The van der Waals surface area contributed by atoms with Gasteiger partial charge in [-0.15, -0.1) is 11.3 Å². The topological polar surface area (TPSA) is 73.3 Å². The van der Waals surface area contributed by atoms with Gasteiger partial charge in [0, 0.05) is 17.1 Å². The quantitative estimate of drug-likeness (QED) is 0.793. The van der Waals surface area contributed by atoms with Gasteiger partial charge >= 0.3 is 0 Å². The van der Waals surface area contributed by atoms with Gasteiger partial charge in [-0.05, 0) is 30.3 Å². The Morgan fingerprint density at radius 3 is 2.79 bits per heavy atom. The van der Waals surface area contributed by atoms with Crippen LogP contribution in [0.4, 0.5) is 5.13 Å². The molecule has 3 aromatic rings. The zero-order valence-corrected chi connectivity index (χ0v) is 13.4. The molecule has 0 aliphatic carbocycles. The molecule has 24 heavy (non-hydrogen) atoms. The summed E-state index contributed by atoms with van der Waals surface area (Å²) in [4.78, 5) is 21.0. The average molecular weight is 339 g/mol. The van der Waals surface area contributed by atoms with E-state index in [0.29, 0.717) is 35.4 Å². The first-order valence-electron chi connectivity index (χ1n) is 7.37. The van der Waals surface area contributed by atoms with Crippen molar-refractivity contribution in [3.8, 4) is 22.9 Å². The highest BCUT2D eigenvalue weighted by molar-refractivity contribution is 7.14. The van der Waals surface area contributed by atoms with Crippen molar-refractivity contribution in [2.75, 3.05) is 18.5 Å². The summed E-state index contributed by atoms with van der Waals surface area (Å²) < 4.78 is 11.0. The molecule has 7 heteroatoms. The number of hydrogen-bond acceptors (Lipinski definition) is 6. The lowest BCUT2D eigenvalue weighted by Gasteiger charge is -2.18. The highest BCUT2D eigenvalue weighted by Gasteiger charge is 2.16. The van der Waals surface area contributed by atoms with Crippen LogP contribution < -0.4 is 14.8 Å². The van der Waals surface area contributed by atoms with Gasteiger partial charge in [0.2, 0.25) is 0 Å². The van der Waals surface area contributed by atoms with Crippen molar-refractivity contribution in [3.63, 3.8) is 0 Å². The number of nitrogens with zero attached hydrogens (tertiary/aromatic N) is 2. The molecule has 1 N–H and O–H groups in total. The first-order chi connectivity index (χ1) is 11.8. The first kappa shape index (κ1) is 14.6. The molecule has 1 amide bonds. The fourth-order valence-electron chi connectivity index (χ4n) is 2.32. The summed E-state index contributed by atoms with van der Waals surface area (Å²) in [6.07, 6.45) is 1.71. The van der Waals surface area contributed by atoms with Crippen molar-refractivity contribution in [1.29, 1.82) is 0 Å². The molecule has 0 saturated heterocycles. The maximum atomic E-state index is 12.4. The summed E-state index contributed by atoms with van der Waals surface area (Å²) >= 11 is 1.36. The number of amides is 1. The van der Waals surface area contributed by atoms with Gasteiger partial charge in [0.05, 0.1) is 5.69 Å². The van der Waals surface area contributed by atoms with Gasteiger partial charge in [-0.3, -0.25) is 15.1 Å². The lowest BCUT2D eigenvalue weighted by Crippen LogP contribution is -2.17. The minimum atomic E-state index is -0.242. The van der Waals surface area contributed by atoms with Gasteiger partial charge in [0.25, 0.3) is 5.91 Å². The van der Waals surface area contributed by atoms with Crippen LogP contribution in [0.3, 0.4) is 0 Å². The molecule has 3 heterocycles.